The van der Waals surface area contributed by atoms with Gasteiger partial charge in [-0.05, 0) is 46.3 Å². The van der Waals surface area contributed by atoms with E-state index in [9.17, 15) is 4.79 Å². The van der Waals surface area contributed by atoms with Crippen molar-refractivity contribution in [1.82, 2.24) is 4.98 Å². The zero-order valence-electron chi connectivity index (χ0n) is 9.60. The van der Waals surface area contributed by atoms with Gasteiger partial charge in [0.1, 0.15) is 5.82 Å². The Kier molecular flexibility index (Phi) is 4.14. The van der Waals surface area contributed by atoms with Crippen LogP contribution in [-0.2, 0) is 0 Å². The van der Waals surface area contributed by atoms with Crippen LogP contribution < -0.4 is 4.90 Å². The van der Waals surface area contributed by atoms with Crippen LogP contribution in [-0.4, -0.2) is 17.9 Å². The van der Waals surface area contributed by atoms with Gasteiger partial charge in [-0.25, -0.2) is 4.98 Å². The number of carbonyl (C=O) groups excluding carboxylic acids is 1. The minimum Gasteiger partial charge on any atom is -0.296 e. The topological polar surface area (TPSA) is 33.2 Å². The fraction of sp³-hybridized carbons (Fsp3) is 0.0769. The Morgan fingerprint density at radius 1 is 1.22 bits per heavy atom. The molecule has 18 heavy (non-hydrogen) atoms. The van der Waals surface area contributed by atoms with Crippen LogP contribution >= 0.6 is 31.9 Å². The number of benzene rings is 1. The van der Waals surface area contributed by atoms with E-state index < -0.39 is 0 Å². The number of nitrogens with zero attached hydrogens (tertiary/aromatic N) is 2. The van der Waals surface area contributed by atoms with Gasteiger partial charge in [0, 0.05) is 22.2 Å². The second-order valence-corrected chi connectivity index (χ2v) is 5.45. The van der Waals surface area contributed by atoms with Gasteiger partial charge in [0.2, 0.25) is 0 Å². The summed E-state index contributed by atoms with van der Waals surface area (Å²) in [6.07, 6.45) is 1.66. The van der Waals surface area contributed by atoms with E-state index in [2.05, 4.69) is 36.8 Å². The summed E-state index contributed by atoms with van der Waals surface area (Å²) in [6, 6.07) is 11.0. The monoisotopic (exact) mass is 368 g/mol. The molecule has 0 unspecified atom stereocenters. The molecule has 92 valence electrons. The van der Waals surface area contributed by atoms with Crippen LogP contribution in [0.3, 0.4) is 0 Å². The highest BCUT2D eigenvalue weighted by Gasteiger charge is 2.17. The first-order valence-electron chi connectivity index (χ1n) is 5.24. The molecule has 0 atom stereocenters. The molecule has 1 amide bonds. The summed E-state index contributed by atoms with van der Waals surface area (Å²) >= 11 is 6.75. The highest BCUT2D eigenvalue weighted by Crippen LogP contribution is 2.23. The average molecular weight is 370 g/mol. The number of rotatable bonds is 2. The van der Waals surface area contributed by atoms with Gasteiger partial charge in [-0.15, -0.1) is 0 Å². The van der Waals surface area contributed by atoms with Crippen molar-refractivity contribution in [2.45, 2.75) is 0 Å². The molecule has 0 fully saturated rings. The van der Waals surface area contributed by atoms with Gasteiger partial charge in [-0.3, -0.25) is 9.69 Å². The summed E-state index contributed by atoms with van der Waals surface area (Å²) in [5, 5.41) is 0. The van der Waals surface area contributed by atoms with Gasteiger partial charge >= 0.3 is 0 Å². The third kappa shape index (κ3) is 2.79. The minimum absolute atomic E-state index is 0.109. The number of amides is 1. The number of halogens is 2. The molecule has 0 radical (unpaired) electrons. The van der Waals surface area contributed by atoms with Crippen molar-refractivity contribution < 1.29 is 4.79 Å². The molecule has 1 aromatic heterocycles. The smallest absolute Gasteiger partial charge is 0.260 e. The zero-order chi connectivity index (χ0) is 13.1. The fourth-order valence-corrected chi connectivity index (χ4v) is 2.28. The molecule has 0 aliphatic carbocycles. The Balaban J connectivity index is 2.34. The SMILES string of the molecule is CN(C(=O)c1cc(Br)ccc1Br)c1ccccn1. The van der Waals surface area contributed by atoms with Gasteiger partial charge in [0.05, 0.1) is 5.56 Å². The van der Waals surface area contributed by atoms with Crippen LogP contribution in [0.1, 0.15) is 10.4 Å². The number of hydrogen-bond acceptors (Lipinski definition) is 2. The predicted molar refractivity (Wildman–Crippen MR) is 78.8 cm³/mol. The maximum atomic E-state index is 12.4. The van der Waals surface area contributed by atoms with Crippen molar-refractivity contribution in [2.24, 2.45) is 0 Å². The van der Waals surface area contributed by atoms with E-state index in [4.69, 9.17) is 0 Å². The van der Waals surface area contributed by atoms with E-state index >= 15 is 0 Å². The molecule has 0 aliphatic rings. The number of hydrogen-bond donors (Lipinski definition) is 0. The van der Waals surface area contributed by atoms with Crippen LogP contribution in [0.2, 0.25) is 0 Å². The van der Waals surface area contributed by atoms with E-state index in [1.54, 1.807) is 25.4 Å². The maximum absolute atomic E-state index is 12.4. The molecule has 0 aliphatic heterocycles. The highest BCUT2D eigenvalue weighted by atomic mass is 79.9. The van der Waals surface area contributed by atoms with Crippen LogP contribution in [0.5, 0.6) is 0 Å². The minimum atomic E-state index is -0.109. The van der Waals surface area contributed by atoms with E-state index in [1.807, 2.05) is 24.3 Å². The molecule has 0 bridgehead atoms. The van der Waals surface area contributed by atoms with Crippen LogP contribution in [0.15, 0.2) is 51.5 Å². The summed E-state index contributed by atoms with van der Waals surface area (Å²) in [5.74, 6) is 0.510. The average Bonchev–Trinajstić information content (AvgIpc) is 2.41. The first kappa shape index (κ1) is 13.2. The summed E-state index contributed by atoms with van der Waals surface area (Å²) in [4.78, 5) is 18.0. The molecular weight excluding hydrogens is 360 g/mol. The third-order valence-electron chi connectivity index (χ3n) is 2.46. The van der Waals surface area contributed by atoms with Gasteiger partial charge in [0.25, 0.3) is 5.91 Å². The Labute approximate surface area is 122 Å². The van der Waals surface area contributed by atoms with Gasteiger partial charge in [-0.1, -0.05) is 22.0 Å². The van der Waals surface area contributed by atoms with E-state index in [0.29, 0.717) is 11.4 Å². The summed E-state index contributed by atoms with van der Waals surface area (Å²) in [7, 11) is 1.71. The number of carbonyl (C=O) groups is 1. The van der Waals surface area contributed by atoms with E-state index in [0.717, 1.165) is 8.95 Å². The Morgan fingerprint density at radius 3 is 2.67 bits per heavy atom. The molecule has 2 rings (SSSR count). The molecule has 0 saturated carbocycles. The lowest BCUT2D eigenvalue weighted by Gasteiger charge is -2.17. The lowest BCUT2D eigenvalue weighted by atomic mass is 10.2. The first-order valence-corrected chi connectivity index (χ1v) is 6.82. The second kappa shape index (κ2) is 5.63. The van der Waals surface area contributed by atoms with Crippen molar-refractivity contribution >= 4 is 43.6 Å². The normalized spacial score (nSPS) is 10.2. The molecule has 3 nitrogen and oxygen atoms in total. The lowest BCUT2D eigenvalue weighted by Crippen LogP contribution is -2.27. The predicted octanol–water partition coefficient (Wildman–Crippen LogP) is 3.88. The van der Waals surface area contributed by atoms with Crippen molar-refractivity contribution in [3.05, 3.63) is 57.1 Å². The second-order valence-electron chi connectivity index (χ2n) is 3.68. The van der Waals surface area contributed by atoms with Crippen LogP contribution in [0, 0.1) is 0 Å². The highest BCUT2D eigenvalue weighted by molar-refractivity contribution is 9.11. The summed E-state index contributed by atoms with van der Waals surface area (Å²) in [6.45, 7) is 0. The number of anilines is 1. The third-order valence-corrected chi connectivity index (χ3v) is 3.64. The van der Waals surface area contributed by atoms with Crippen LogP contribution in [0.4, 0.5) is 5.82 Å². The van der Waals surface area contributed by atoms with Crippen LogP contribution in [0.25, 0.3) is 0 Å². The first-order chi connectivity index (χ1) is 8.59. The van der Waals surface area contributed by atoms with Crippen molar-refractivity contribution in [1.29, 1.82) is 0 Å². The molecule has 0 saturated heterocycles. The molecular formula is C13H10Br2N2O. The Bertz CT molecular complexity index is 572. The number of pyridine rings is 1. The number of aromatic nitrogens is 1. The molecule has 5 heteroatoms. The van der Waals surface area contributed by atoms with E-state index in [-0.39, 0.29) is 5.91 Å². The molecule has 0 spiro atoms. The molecule has 0 N–H and O–H groups in total. The van der Waals surface area contributed by atoms with Gasteiger partial charge in [0.15, 0.2) is 0 Å². The van der Waals surface area contributed by atoms with Crippen molar-refractivity contribution in [2.75, 3.05) is 11.9 Å². The molecule has 1 aromatic carbocycles. The molecule has 1 heterocycles. The molecule has 2 aromatic rings. The fourth-order valence-electron chi connectivity index (χ4n) is 1.50. The Morgan fingerprint density at radius 2 is 2.00 bits per heavy atom. The Hall–Kier alpha value is -1.20. The van der Waals surface area contributed by atoms with Gasteiger partial charge in [-0.2, -0.15) is 0 Å². The standard InChI is InChI=1S/C13H10Br2N2O/c1-17(12-4-2-3-7-16-12)13(18)10-8-9(14)5-6-11(10)15/h2-8H,1H3. The van der Waals surface area contributed by atoms with E-state index in [1.165, 1.54) is 4.90 Å². The quantitative estimate of drug-likeness (QED) is 0.804. The summed E-state index contributed by atoms with van der Waals surface area (Å²) in [5.41, 5.74) is 0.595. The van der Waals surface area contributed by atoms with Gasteiger partial charge < -0.3 is 0 Å². The lowest BCUT2D eigenvalue weighted by molar-refractivity contribution is 0.0991. The maximum Gasteiger partial charge on any atom is 0.260 e. The summed E-state index contributed by atoms with van der Waals surface area (Å²) < 4.78 is 1.63. The zero-order valence-corrected chi connectivity index (χ0v) is 12.8. The largest absolute Gasteiger partial charge is 0.296 e. The van der Waals surface area contributed by atoms with Crippen molar-refractivity contribution in [3.63, 3.8) is 0 Å². The van der Waals surface area contributed by atoms with Crippen molar-refractivity contribution in [3.8, 4) is 0 Å².